The second-order valence-electron chi connectivity index (χ2n) is 8.03. The van der Waals surface area contributed by atoms with Crippen molar-refractivity contribution in [3.8, 4) is 5.75 Å². The summed E-state index contributed by atoms with van der Waals surface area (Å²) in [5.41, 5.74) is 1.78. The van der Waals surface area contributed by atoms with E-state index < -0.39 is 10.0 Å². The maximum absolute atomic E-state index is 12.9. The van der Waals surface area contributed by atoms with Gasteiger partial charge in [-0.25, -0.2) is 0 Å². The van der Waals surface area contributed by atoms with Crippen molar-refractivity contribution in [1.82, 2.24) is 10.2 Å². The molecule has 5 nitrogen and oxygen atoms in total. The number of carbonyl (C=O) groups is 2. The van der Waals surface area contributed by atoms with E-state index >= 15 is 0 Å². The highest BCUT2D eigenvalue weighted by molar-refractivity contribution is 8.26. The Labute approximate surface area is 223 Å². The van der Waals surface area contributed by atoms with Gasteiger partial charge in [0.15, 0.2) is 0 Å². The van der Waals surface area contributed by atoms with Crippen LogP contribution in [0.5, 0.6) is 5.75 Å². The molecule has 1 atom stereocenters. The van der Waals surface area contributed by atoms with E-state index in [0.29, 0.717) is 21.5 Å². The topological polar surface area (TPSA) is 58.6 Å². The van der Waals surface area contributed by atoms with Crippen molar-refractivity contribution in [3.05, 3.63) is 70.6 Å². The number of hydrogen-bond donors (Lipinski definition) is 1. The molecule has 0 aliphatic carbocycles. The quantitative estimate of drug-likeness (QED) is 0.178. The highest BCUT2D eigenvalue weighted by atomic mass is 35.6. The van der Waals surface area contributed by atoms with E-state index in [-0.39, 0.29) is 24.2 Å². The van der Waals surface area contributed by atoms with Crippen LogP contribution in [-0.2, 0) is 16.1 Å². The Morgan fingerprint density at radius 2 is 1.79 bits per heavy atom. The number of hydrogen-bond acceptors (Lipinski definition) is 5. The second kappa shape index (κ2) is 11.8. The normalized spacial score (nSPS) is 16.3. The molecule has 0 aromatic heterocycles. The van der Waals surface area contributed by atoms with Crippen LogP contribution >= 0.6 is 58.8 Å². The van der Waals surface area contributed by atoms with E-state index in [2.05, 4.69) is 5.32 Å². The Hall–Kier alpha value is -1.77. The van der Waals surface area contributed by atoms with Crippen molar-refractivity contribution in [2.75, 3.05) is 0 Å². The Morgan fingerprint density at radius 3 is 2.38 bits per heavy atom. The number of nitrogens with one attached hydrogen (secondary N) is 1. The van der Waals surface area contributed by atoms with E-state index in [4.69, 9.17) is 51.8 Å². The van der Waals surface area contributed by atoms with E-state index in [9.17, 15) is 9.59 Å². The zero-order valence-corrected chi connectivity index (χ0v) is 22.4. The molecule has 180 valence electrons. The van der Waals surface area contributed by atoms with E-state index in [1.54, 1.807) is 35.2 Å². The minimum absolute atomic E-state index is 0.136. The molecule has 3 rings (SSSR count). The van der Waals surface area contributed by atoms with Gasteiger partial charge in [0.2, 0.25) is 15.9 Å². The molecule has 2 amide bonds. The van der Waals surface area contributed by atoms with Gasteiger partial charge in [-0.05, 0) is 35.3 Å². The third-order valence-corrected chi connectivity index (χ3v) is 6.64. The fourth-order valence-electron chi connectivity index (χ4n) is 3.09. The predicted octanol–water partition coefficient (Wildman–Crippen LogP) is 6.33. The van der Waals surface area contributed by atoms with Gasteiger partial charge in [0.05, 0.1) is 11.4 Å². The Balaban J connectivity index is 1.68. The molecule has 1 aliphatic heterocycles. The van der Waals surface area contributed by atoms with Crippen molar-refractivity contribution in [1.29, 1.82) is 0 Å². The molecule has 34 heavy (non-hydrogen) atoms. The molecule has 1 heterocycles. The van der Waals surface area contributed by atoms with Gasteiger partial charge >= 0.3 is 0 Å². The number of thiocarbonyl (C=S) groups is 1. The van der Waals surface area contributed by atoms with Gasteiger partial charge in [-0.2, -0.15) is 0 Å². The average molecular weight is 558 g/mol. The Morgan fingerprint density at radius 1 is 1.15 bits per heavy atom. The fraction of sp³-hybridized carbons (Fsp3) is 0.292. The van der Waals surface area contributed by atoms with E-state index in [1.165, 1.54) is 11.8 Å². The van der Waals surface area contributed by atoms with E-state index in [1.807, 2.05) is 44.2 Å². The maximum Gasteiger partial charge on any atom is 0.266 e. The van der Waals surface area contributed by atoms with Crippen molar-refractivity contribution in [2.24, 2.45) is 5.92 Å². The first kappa shape index (κ1) is 26.8. The molecule has 1 N–H and O–H groups in total. The lowest BCUT2D eigenvalue weighted by molar-refractivity contribution is -0.124. The zero-order chi connectivity index (χ0) is 24.9. The van der Waals surface area contributed by atoms with Crippen LogP contribution in [0.15, 0.2) is 59.5 Å². The van der Waals surface area contributed by atoms with Gasteiger partial charge in [0.25, 0.3) is 5.91 Å². The molecule has 2 aromatic rings. The number of ether oxygens (including phenoxy) is 1. The number of thioether (sulfide) groups is 1. The van der Waals surface area contributed by atoms with Crippen molar-refractivity contribution >= 4 is 81.0 Å². The molecule has 2 aromatic carbocycles. The largest absolute Gasteiger partial charge is 0.466 e. The summed E-state index contributed by atoms with van der Waals surface area (Å²) in [6.07, 6.45) is 0.885. The molecule has 0 spiro atoms. The third kappa shape index (κ3) is 7.62. The third-order valence-electron chi connectivity index (χ3n) is 4.67. The van der Waals surface area contributed by atoms with E-state index in [0.717, 1.165) is 11.1 Å². The smallest absolute Gasteiger partial charge is 0.266 e. The number of halogens is 3. The first-order valence-corrected chi connectivity index (χ1v) is 12.8. The van der Waals surface area contributed by atoms with Gasteiger partial charge in [0, 0.05) is 6.42 Å². The highest BCUT2D eigenvalue weighted by Crippen LogP contribution is 2.35. The summed E-state index contributed by atoms with van der Waals surface area (Å²) in [6, 6.07) is 16.6. The second-order valence-corrected chi connectivity index (χ2v) is 12.1. The number of benzene rings is 2. The van der Waals surface area contributed by atoms with Crippen LogP contribution in [0.2, 0.25) is 0 Å². The van der Waals surface area contributed by atoms with Crippen LogP contribution in [0.4, 0.5) is 0 Å². The van der Waals surface area contributed by atoms with Crippen LogP contribution in [0, 0.1) is 5.92 Å². The number of alkyl halides is 3. The Kier molecular flexibility index (Phi) is 9.29. The molecule has 1 fully saturated rings. The van der Waals surface area contributed by atoms with Crippen LogP contribution in [-0.4, -0.2) is 31.1 Å². The molecule has 0 bridgehead atoms. The van der Waals surface area contributed by atoms with Gasteiger partial charge < -0.3 is 10.1 Å². The minimum Gasteiger partial charge on any atom is -0.466 e. The molecule has 1 aliphatic rings. The highest BCUT2D eigenvalue weighted by Gasteiger charge is 2.36. The summed E-state index contributed by atoms with van der Waals surface area (Å²) < 4.78 is 4.38. The molecule has 10 heteroatoms. The number of amides is 2. The van der Waals surface area contributed by atoms with Crippen molar-refractivity contribution in [2.45, 2.75) is 36.8 Å². The summed E-state index contributed by atoms with van der Waals surface area (Å²) in [4.78, 5) is 27.1. The monoisotopic (exact) mass is 556 g/mol. The lowest BCUT2D eigenvalue weighted by Crippen LogP contribution is -2.48. The Bertz CT molecular complexity index is 1070. The lowest BCUT2D eigenvalue weighted by Gasteiger charge is -2.26. The molecule has 0 radical (unpaired) electrons. The van der Waals surface area contributed by atoms with Gasteiger partial charge in [0.1, 0.15) is 10.1 Å². The van der Waals surface area contributed by atoms with Crippen LogP contribution in [0.25, 0.3) is 6.08 Å². The van der Waals surface area contributed by atoms with Gasteiger partial charge in [-0.15, -0.1) is 0 Å². The standard InChI is InChI=1S/C24H23Cl3N2O3S2/c1-15(2)12-20(30)28-22(24(25,26)27)32-18-10-8-16(9-11-18)13-19-21(31)29(23(33)34-19)14-17-6-4-3-5-7-17/h3-11,13,15,22H,12,14H2,1-2H3,(H,28,30)/b19-13+. The molecular weight excluding hydrogens is 535 g/mol. The first-order valence-electron chi connectivity index (χ1n) is 10.4. The van der Waals surface area contributed by atoms with Gasteiger partial charge in [-0.3, -0.25) is 14.5 Å². The lowest BCUT2D eigenvalue weighted by atomic mass is 10.1. The van der Waals surface area contributed by atoms with Crippen LogP contribution in [0.3, 0.4) is 0 Å². The maximum atomic E-state index is 12.9. The molecule has 1 saturated heterocycles. The number of carbonyl (C=O) groups excluding carboxylic acids is 2. The summed E-state index contributed by atoms with van der Waals surface area (Å²) in [5.74, 6) is 0.134. The molecule has 0 saturated carbocycles. The average Bonchev–Trinajstić information content (AvgIpc) is 3.01. The van der Waals surface area contributed by atoms with Crippen molar-refractivity contribution in [3.63, 3.8) is 0 Å². The minimum atomic E-state index is -1.86. The summed E-state index contributed by atoms with van der Waals surface area (Å²) in [6.45, 7) is 4.26. The summed E-state index contributed by atoms with van der Waals surface area (Å²) >= 11 is 24.7. The van der Waals surface area contributed by atoms with Gasteiger partial charge in [-0.1, -0.05) is 115 Å². The van der Waals surface area contributed by atoms with Crippen LogP contribution < -0.4 is 10.1 Å². The molecule has 1 unspecified atom stereocenters. The molecular formula is C24H23Cl3N2O3S2. The zero-order valence-electron chi connectivity index (χ0n) is 18.5. The van der Waals surface area contributed by atoms with Crippen LogP contribution in [0.1, 0.15) is 31.4 Å². The fourth-order valence-corrected chi connectivity index (χ4v) is 4.64. The first-order chi connectivity index (χ1) is 16.0. The van der Waals surface area contributed by atoms with Crippen molar-refractivity contribution < 1.29 is 14.3 Å². The summed E-state index contributed by atoms with van der Waals surface area (Å²) in [5, 5.41) is 2.61. The SMILES string of the molecule is CC(C)CC(=O)NC(Oc1ccc(/C=C2/SC(=S)N(Cc3ccccc3)C2=O)cc1)C(Cl)(Cl)Cl. The number of nitrogens with zero attached hydrogens (tertiary/aromatic N) is 1. The summed E-state index contributed by atoms with van der Waals surface area (Å²) in [7, 11) is 0. The predicted molar refractivity (Wildman–Crippen MR) is 144 cm³/mol. The number of rotatable bonds is 8.